The molecule has 27 heavy (non-hydrogen) atoms. The molecule has 2 bridgehead atoms. The highest BCUT2D eigenvalue weighted by molar-refractivity contribution is 5.30. The van der Waals surface area contributed by atoms with Crippen LogP contribution in [0.15, 0.2) is 11.6 Å². The fourth-order valence-corrected chi connectivity index (χ4v) is 8.69. The maximum Gasteiger partial charge on any atom is 0.196 e. The van der Waals surface area contributed by atoms with Crippen LogP contribution in [0.3, 0.4) is 0 Å². The lowest BCUT2D eigenvalue weighted by Gasteiger charge is -2.70. The van der Waals surface area contributed by atoms with Crippen LogP contribution in [0.25, 0.3) is 0 Å². The van der Waals surface area contributed by atoms with E-state index in [2.05, 4.69) is 47.6 Å². The van der Waals surface area contributed by atoms with Gasteiger partial charge < -0.3 is 19.7 Å². The molecule has 2 saturated carbocycles. The standard InChI is InChI=1S/C23H36O4/c1-11-7-12(2)16-9-18-22-10-26-23(25,20(22)21(16,6)15(11)5)19(24)14(4)17(22)8-13(3)27-18/h7,11,13-20,24-25H,8-10H2,1-6H3/t11?,13?,14-,15+,16+,17-,18+,19-,20-,21-,22+,23-/m0/s1. The molecular formula is C23H36O4. The first-order chi connectivity index (χ1) is 12.6. The number of allylic oxidation sites excluding steroid dienone is 2. The van der Waals surface area contributed by atoms with Crippen LogP contribution in [-0.4, -0.2) is 40.9 Å². The van der Waals surface area contributed by atoms with Crippen molar-refractivity contribution in [1.82, 2.24) is 0 Å². The van der Waals surface area contributed by atoms with Crippen LogP contribution in [-0.2, 0) is 9.47 Å². The Labute approximate surface area is 163 Å². The monoisotopic (exact) mass is 376 g/mol. The van der Waals surface area contributed by atoms with Gasteiger partial charge in [-0.1, -0.05) is 39.3 Å². The Kier molecular flexibility index (Phi) is 3.71. The van der Waals surface area contributed by atoms with E-state index >= 15 is 0 Å². The molecule has 1 spiro atoms. The SMILES string of the molecule is CC1=CC(C)[C@@H](C)[C@@]2(C)[C@@H]1C[C@H]1OC(C)C[C@H]3[C@H](C)[C@H](O)[C@]4(O)OC[C@]13[C@@H]42. The van der Waals surface area contributed by atoms with E-state index in [1.165, 1.54) is 5.57 Å². The molecule has 0 aromatic rings. The van der Waals surface area contributed by atoms with E-state index in [1.807, 2.05) is 0 Å². The van der Waals surface area contributed by atoms with Crippen molar-refractivity contribution in [3.8, 4) is 0 Å². The molecule has 5 aliphatic rings. The summed E-state index contributed by atoms with van der Waals surface area (Å²) in [6, 6.07) is 0. The first-order valence-corrected chi connectivity index (χ1v) is 11.0. The predicted octanol–water partition coefficient (Wildman–Crippen LogP) is 3.37. The summed E-state index contributed by atoms with van der Waals surface area (Å²) in [4.78, 5) is 0. The van der Waals surface area contributed by atoms with E-state index in [4.69, 9.17) is 9.47 Å². The topological polar surface area (TPSA) is 58.9 Å². The highest BCUT2D eigenvalue weighted by Crippen LogP contribution is 2.75. The Hall–Kier alpha value is -0.420. The third-order valence-corrected chi connectivity index (χ3v) is 10.0. The van der Waals surface area contributed by atoms with E-state index in [1.54, 1.807) is 0 Å². The second kappa shape index (κ2) is 5.38. The lowest BCUT2D eigenvalue weighted by molar-refractivity contribution is -0.341. The van der Waals surface area contributed by atoms with E-state index in [9.17, 15) is 10.2 Å². The van der Waals surface area contributed by atoms with Crippen LogP contribution in [0, 0.1) is 46.3 Å². The van der Waals surface area contributed by atoms with E-state index in [-0.39, 0.29) is 34.9 Å². The summed E-state index contributed by atoms with van der Waals surface area (Å²) in [5.41, 5.74) is 1.13. The predicted molar refractivity (Wildman–Crippen MR) is 103 cm³/mol. The molecule has 5 rings (SSSR count). The highest BCUT2D eigenvalue weighted by Gasteiger charge is 2.80. The maximum absolute atomic E-state index is 11.8. The minimum absolute atomic E-state index is 0.0238. The first kappa shape index (κ1) is 18.6. The zero-order chi connectivity index (χ0) is 19.5. The average Bonchev–Trinajstić information content (AvgIpc) is 2.90. The van der Waals surface area contributed by atoms with Gasteiger partial charge >= 0.3 is 0 Å². The van der Waals surface area contributed by atoms with E-state index < -0.39 is 11.9 Å². The number of hydrogen-bond acceptors (Lipinski definition) is 4. The Morgan fingerprint density at radius 3 is 2.56 bits per heavy atom. The van der Waals surface area contributed by atoms with Crippen LogP contribution in [0.2, 0.25) is 0 Å². The molecule has 0 aromatic heterocycles. The number of rotatable bonds is 0. The molecule has 0 aromatic carbocycles. The second-order valence-electron chi connectivity index (χ2n) is 10.9. The highest BCUT2D eigenvalue weighted by atomic mass is 16.6. The summed E-state index contributed by atoms with van der Waals surface area (Å²) >= 11 is 0. The van der Waals surface area contributed by atoms with Crippen molar-refractivity contribution in [3.63, 3.8) is 0 Å². The van der Waals surface area contributed by atoms with Crippen molar-refractivity contribution in [3.05, 3.63) is 11.6 Å². The Bertz CT molecular complexity index is 690. The zero-order valence-corrected chi connectivity index (χ0v) is 17.6. The minimum atomic E-state index is -1.46. The first-order valence-electron chi connectivity index (χ1n) is 11.0. The second-order valence-corrected chi connectivity index (χ2v) is 10.9. The van der Waals surface area contributed by atoms with Crippen LogP contribution in [0.5, 0.6) is 0 Å². The van der Waals surface area contributed by atoms with E-state index in [0.717, 1.165) is 12.8 Å². The van der Waals surface area contributed by atoms with Crippen molar-refractivity contribution in [1.29, 1.82) is 0 Å². The molecule has 4 nitrogen and oxygen atoms in total. The number of hydrogen-bond donors (Lipinski definition) is 2. The van der Waals surface area contributed by atoms with Crippen LogP contribution >= 0.6 is 0 Å². The summed E-state index contributed by atoms with van der Waals surface area (Å²) in [5.74, 6) is 0.0502. The Balaban J connectivity index is 1.76. The number of ether oxygens (including phenoxy) is 2. The largest absolute Gasteiger partial charge is 0.387 e. The van der Waals surface area contributed by atoms with Crippen molar-refractivity contribution in [2.75, 3.05) is 6.61 Å². The minimum Gasteiger partial charge on any atom is -0.387 e. The normalized spacial score (nSPS) is 64.6. The lowest BCUT2D eigenvalue weighted by Crippen LogP contribution is -2.74. The molecule has 2 N–H and O–H groups in total. The van der Waals surface area contributed by atoms with Gasteiger partial charge in [-0.2, -0.15) is 0 Å². The van der Waals surface area contributed by atoms with Crippen LogP contribution in [0.4, 0.5) is 0 Å². The Morgan fingerprint density at radius 2 is 1.85 bits per heavy atom. The maximum atomic E-state index is 11.8. The summed E-state index contributed by atoms with van der Waals surface area (Å²) in [7, 11) is 0. The van der Waals surface area contributed by atoms with Gasteiger partial charge in [0.2, 0.25) is 0 Å². The van der Waals surface area contributed by atoms with Crippen LogP contribution in [0.1, 0.15) is 54.4 Å². The zero-order valence-electron chi connectivity index (χ0n) is 17.6. The smallest absolute Gasteiger partial charge is 0.196 e. The van der Waals surface area contributed by atoms with Gasteiger partial charge in [0, 0.05) is 11.3 Å². The molecule has 0 amide bonds. The fraction of sp³-hybridized carbons (Fsp3) is 0.913. The molecule has 4 heteroatoms. The number of aliphatic hydroxyl groups is 2. The molecule has 3 aliphatic carbocycles. The van der Waals surface area contributed by atoms with Crippen molar-refractivity contribution in [2.45, 2.75) is 78.5 Å². The number of fused-ring (bicyclic) bond motifs is 1. The van der Waals surface area contributed by atoms with Crippen molar-refractivity contribution >= 4 is 0 Å². The molecule has 2 saturated heterocycles. The van der Waals surface area contributed by atoms with Gasteiger partial charge in [-0.05, 0) is 61.7 Å². The van der Waals surface area contributed by atoms with Gasteiger partial charge in [-0.15, -0.1) is 0 Å². The Morgan fingerprint density at radius 1 is 1.15 bits per heavy atom. The van der Waals surface area contributed by atoms with Gasteiger partial charge in [0.05, 0.1) is 18.8 Å². The van der Waals surface area contributed by atoms with E-state index in [0.29, 0.717) is 30.3 Å². The lowest BCUT2D eigenvalue weighted by atomic mass is 9.36. The van der Waals surface area contributed by atoms with Gasteiger partial charge in [0.25, 0.3) is 0 Å². The quantitative estimate of drug-likeness (QED) is 0.637. The molecule has 2 unspecified atom stereocenters. The van der Waals surface area contributed by atoms with Crippen molar-refractivity contribution in [2.24, 2.45) is 46.3 Å². The van der Waals surface area contributed by atoms with Gasteiger partial charge in [-0.3, -0.25) is 0 Å². The summed E-state index contributed by atoms with van der Waals surface area (Å²) < 4.78 is 12.8. The third kappa shape index (κ3) is 1.90. The number of aliphatic hydroxyl groups excluding tert-OH is 1. The van der Waals surface area contributed by atoms with Gasteiger partial charge in [0.15, 0.2) is 5.79 Å². The molecule has 12 atom stereocenters. The summed E-state index contributed by atoms with van der Waals surface area (Å²) in [6.07, 6.45) is 3.84. The average molecular weight is 377 g/mol. The summed E-state index contributed by atoms with van der Waals surface area (Å²) in [6.45, 7) is 14.0. The molecular weight excluding hydrogens is 340 g/mol. The molecule has 2 aliphatic heterocycles. The van der Waals surface area contributed by atoms with Gasteiger partial charge in [0.1, 0.15) is 6.10 Å². The molecule has 2 heterocycles. The molecule has 0 radical (unpaired) electrons. The molecule has 152 valence electrons. The fourth-order valence-electron chi connectivity index (χ4n) is 8.69. The van der Waals surface area contributed by atoms with Crippen molar-refractivity contribution < 1.29 is 19.7 Å². The summed E-state index contributed by atoms with van der Waals surface area (Å²) in [5, 5.41) is 23.1. The molecule has 4 fully saturated rings. The van der Waals surface area contributed by atoms with Gasteiger partial charge in [-0.25, -0.2) is 0 Å². The van der Waals surface area contributed by atoms with Crippen LogP contribution < -0.4 is 0 Å². The third-order valence-electron chi connectivity index (χ3n) is 10.0.